The molecule has 1 aliphatic carbocycles. The zero-order valence-electron chi connectivity index (χ0n) is 25.1. The van der Waals surface area contributed by atoms with Crippen LogP contribution in [0, 0.1) is 11.5 Å². The van der Waals surface area contributed by atoms with E-state index in [2.05, 4.69) is 81.7 Å². The van der Waals surface area contributed by atoms with Crippen LogP contribution in [0.5, 0.6) is 0 Å². The van der Waals surface area contributed by atoms with Gasteiger partial charge in [0.2, 0.25) is 11.9 Å². The van der Waals surface area contributed by atoms with Crippen LogP contribution in [-0.2, 0) is 35.7 Å². The molecule has 41 heavy (non-hydrogen) atoms. The minimum Gasteiger partial charge on any atom is -0.371 e. The summed E-state index contributed by atoms with van der Waals surface area (Å²) >= 11 is 0. The number of ether oxygens (including phenoxy) is 1. The van der Waals surface area contributed by atoms with Gasteiger partial charge in [0.25, 0.3) is 0 Å². The van der Waals surface area contributed by atoms with E-state index in [0.29, 0.717) is 5.82 Å². The first-order valence-corrected chi connectivity index (χ1v) is 15.0. The number of aromatic nitrogens is 4. The third-order valence-corrected chi connectivity index (χ3v) is 11.0. The van der Waals surface area contributed by atoms with Crippen LogP contribution in [0.1, 0.15) is 78.4 Å². The normalized spacial score (nSPS) is 25.2. The van der Waals surface area contributed by atoms with Crippen molar-refractivity contribution in [2.24, 2.45) is 5.41 Å². The molecule has 2 atom stereocenters. The van der Waals surface area contributed by atoms with Crippen molar-refractivity contribution in [1.82, 2.24) is 19.9 Å². The molecule has 1 aromatic carbocycles. The first-order valence-electron chi connectivity index (χ1n) is 15.0. The van der Waals surface area contributed by atoms with E-state index in [-0.39, 0.29) is 48.6 Å². The molecule has 1 radical (unpaired) electrons. The van der Waals surface area contributed by atoms with E-state index in [0.717, 1.165) is 67.7 Å². The molecule has 0 N–H and O–H groups in total. The molecule has 4 aliphatic rings. The first-order chi connectivity index (χ1) is 19.0. The van der Waals surface area contributed by atoms with Gasteiger partial charge in [-0.3, -0.25) is 0 Å². The fourth-order valence-electron chi connectivity index (χ4n) is 7.27. The molecule has 3 aliphatic heterocycles. The molecule has 2 unspecified atom stereocenters. The number of nitrogens with zero attached hydrogens (tertiary/aromatic N) is 6. The molecular formula is C33H41IrN6O-. The van der Waals surface area contributed by atoms with Crippen LogP contribution in [0.3, 0.4) is 0 Å². The van der Waals surface area contributed by atoms with Crippen LogP contribution in [-0.4, -0.2) is 58.3 Å². The summed E-state index contributed by atoms with van der Waals surface area (Å²) in [4.78, 5) is 24.3. The van der Waals surface area contributed by atoms with Gasteiger partial charge in [-0.05, 0) is 47.6 Å². The summed E-state index contributed by atoms with van der Waals surface area (Å²) in [5.41, 5.74) is 5.89. The van der Waals surface area contributed by atoms with Gasteiger partial charge in [-0.1, -0.05) is 53.7 Å². The van der Waals surface area contributed by atoms with Gasteiger partial charge in [0.1, 0.15) is 0 Å². The molecule has 0 saturated carbocycles. The maximum Gasteiger partial charge on any atom is 0.230 e. The van der Waals surface area contributed by atoms with Crippen LogP contribution in [0.2, 0.25) is 0 Å². The Kier molecular flexibility index (Phi) is 7.07. The molecule has 219 valence electrons. The quantitative estimate of drug-likeness (QED) is 0.307. The Balaban J connectivity index is 0.00000302. The standard InChI is InChI=1S/C33H41N6O.Ir/c1-31(2)25-13-9-21(17-26(25)32(3,4)33(31,5)6)27-14-10-22(18-34-27)28-35-29(38-15-7-8-16-38)37-30(36-28)39-19-23-11-12-24(20-39)40-23;/h10,13-14,17-18,23-24H,7-8,11-12,15-16,19-20H2,1-6H3;/q-1;. The molecule has 5 heterocycles. The summed E-state index contributed by atoms with van der Waals surface area (Å²) in [5, 5.41) is 0. The zero-order valence-corrected chi connectivity index (χ0v) is 27.5. The molecule has 2 aromatic heterocycles. The number of rotatable bonds is 4. The number of morpholine rings is 1. The van der Waals surface area contributed by atoms with Gasteiger partial charge in [0, 0.05) is 58.0 Å². The summed E-state index contributed by atoms with van der Waals surface area (Å²) in [6.07, 6.45) is 7.06. The number of fused-ring (bicyclic) bond motifs is 3. The average Bonchev–Trinajstić information content (AvgIpc) is 3.63. The van der Waals surface area contributed by atoms with E-state index in [1.807, 2.05) is 6.20 Å². The molecule has 0 spiro atoms. The van der Waals surface area contributed by atoms with E-state index < -0.39 is 0 Å². The third kappa shape index (κ3) is 4.52. The Labute approximate surface area is 257 Å². The van der Waals surface area contributed by atoms with Crippen LogP contribution in [0.25, 0.3) is 22.6 Å². The van der Waals surface area contributed by atoms with Crippen LogP contribution in [0.4, 0.5) is 11.9 Å². The monoisotopic (exact) mass is 730 g/mol. The maximum atomic E-state index is 6.08. The van der Waals surface area contributed by atoms with Crippen molar-refractivity contribution in [2.45, 2.75) is 90.3 Å². The van der Waals surface area contributed by atoms with Crippen molar-refractivity contribution >= 4 is 11.9 Å². The van der Waals surface area contributed by atoms with Gasteiger partial charge in [-0.25, -0.2) is 0 Å². The Morgan fingerprint density at radius 2 is 1.46 bits per heavy atom. The Hall–Kier alpha value is -2.41. The second-order valence-electron chi connectivity index (χ2n) is 13.8. The van der Waals surface area contributed by atoms with E-state index in [1.165, 1.54) is 24.0 Å². The number of hydrogen-bond donors (Lipinski definition) is 0. The van der Waals surface area contributed by atoms with Gasteiger partial charge in [-0.15, -0.1) is 34.9 Å². The molecule has 3 fully saturated rings. The van der Waals surface area contributed by atoms with Gasteiger partial charge >= 0.3 is 0 Å². The van der Waals surface area contributed by atoms with Crippen molar-refractivity contribution in [3.8, 4) is 22.6 Å². The van der Waals surface area contributed by atoms with E-state index >= 15 is 0 Å². The number of anilines is 2. The molecule has 3 saturated heterocycles. The van der Waals surface area contributed by atoms with Crippen molar-refractivity contribution in [1.29, 1.82) is 0 Å². The zero-order chi connectivity index (χ0) is 27.9. The molecule has 7 nitrogen and oxygen atoms in total. The smallest absolute Gasteiger partial charge is 0.230 e. The van der Waals surface area contributed by atoms with Gasteiger partial charge < -0.3 is 19.5 Å². The predicted octanol–water partition coefficient (Wildman–Crippen LogP) is 5.96. The van der Waals surface area contributed by atoms with Crippen molar-refractivity contribution < 1.29 is 24.8 Å². The second kappa shape index (κ2) is 10.1. The molecule has 7 rings (SSSR count). The number of pyridine rings is 1. The summed E-state index contributed by atoms with van der Waals surface area (Å²) in [5.74, 6) is 2.22. The van der Waals surface area contributed by atoms with Gasteiger partial charge in [-0.2, -0.15) is 15.0 Å². The Morgan fingerprint density at radius 3 is 2.10 bits per heavy atom. The van der Waals surface area contributed by atoms with Crippen molar-refractivity contribution in [3.05, 3.63) is 47.7 Å². The summed E-state index contributed by atoms with van der Waals surface area (Å²) < 4.78 is 6.08. The van der Waals surface area contributed by atoms with Crippen LogP contribution >= 0.6 is 0 Å². The SMILES string of the molecule is CC1(C)c2c[c-]c(-c3ccc(-c4nc(N5CCCC5)nc(N5CC6CCC(C5)O6)n4)cn3)cc2C(C)(C)C1(C)C.[Ir]. The minimum atomic E-state index is 0. The van der Waals surface area contributed by atoms with Gasteiger partial charge in [0.15, 0.2) is 5.82 Å². The molecule has 8 heteroatoms. The Bertz CT molecular complexity index is 1430. The van der Waals surface area contributed by atoms with Crippen molar-refractivity contribution in [3.63, 3.8) is 0 Å². The molecule has 2 bridgehead atoms. The largest absolute Gasteiger partial charge is 0.371 e. The third-order valence-electron chi connectivity index (χ3n) is 11.0. The molecular weight excluding hydrogens is 689 g/mol. The number of hydrogen-bond acceptors (Lipinski definition) is 7. The van der Waals surface area contributed by atoms with Crippen molar-refractivity contribution in [2.75, 3.05) is 36.0 Å². The summed E-state index contributed by atoms with van der Waals surface area (Å²) in [6, 6.07) is 12.3. The second-order valence-corrected chi connectivity index (χ2v) is 13.8. The number of benzene rings is 1. The summed E-state index contributed by atoms with van der Waals surface area (Å²) in [6.45, 7) is 17.9. The molecule has 0 amide bonds. The van der Waals surface area contributed by atoms with Crippen LogP contribution < -0.4 is 9.80 Å². The van der Waals surface area contributed by atoms with Gasteiger partial charge in [0.05, 0.1) is 12.2 Å². The fourth-order valence-corrected chi connectivity index (χ4v) is 7.27. The predicted molar refractivity (Wildman–Crippen MR) is 159 cm³/mol. The first kappa shape index (κ1) is 28.7. The maximum absolute atomic E-state index is 6.08. The van der Waals surface area contributed by atoms with E-state index in [9.17, 15) is 0 Å². The van der Waals surface area contributed by atoms with E-state index in [1.54, 1.807) is 0 Å². The fraction of sp³-hybridized carbons (Fsp3) is 0.576. The summed E-state index contributed by atoms with van der Waals surface area (Å²) in [7, 11) is 0. The molecule has 3 aromatic rings. The minimum absolute atomic E-state index is 0. The van der Waals surface area contributed by atoms with E-state index in [4.69, 9.17) is 24.7 Å². The topological polar surface area (TPSA) is 67.3 Å². The average molecular weight is 730 g/mol. The van der Waals surface area contributed by atoms with Crippen LogP contribution in [0.15, 0.2) is 30.5 Å². The Morgan fingerprint density at radius 1 is 0.829 bits per heavy atom.